The van der Waals surface area contributed by atoms with Crippen LogP contribution in [0.15, 0.2) is 79.5 Å². The molecule has 200 valence electrons. The molecule has 0 aliphatic heterocycles. The average molecular weight is 518 g/mol. The van der Waals surface area contributed by atoms with Gasteiger partial charge in [-0.1, -0.05) is 32.8 Å². The highest BCUT2D eigenvalue weighted by Gasteiger charge is 2.10. The van der Waals surface area contributed by atoms with Crippen molar-refractivity contribution in [3.63, 3.8) is 0 Å². The molecule has 0 saturated heterocycles. The van der Waals surface area contributed by atoms with Crippen LogP contribution in [-0.2, 0) is 9.53 Å². The van der Waals surface area contributed by atoms with Gasteiger partial charge in [0.2, 0.25) is 0 Å². The Balaban J connectivity index is 1.36. The Morgan fingerprint density at radius 3 is 2.05 bits per heavy atom. The van der Waals surface area contributed by atoms with Crippen LogP contribution in [0.4, 0.5) is 0 Å². The molecule has 38 heavy (non-hydrogen) atoms. The molecule has 0 radical (unpaired) electrons. The van der Waals surface area contributed by atoms with Crippen LogP contribution in [0.1, 0.15) is 55.8 Å². The van der Waals surface area contributed by atoms with Crippen molar-refractivity contribution >= 4 is 11.9 Å². The van der Waals surface area contributed by atoms with Crippen molar-refractivity contribution in [3.05, 3.63) is 85.1 Å². The molecular weight excluding hydrogens is 482 g/mol. The van der Waals surface area contributed by atoms with E-state index in [2.05, 4.69) is 18.5 Å². The van der Waals surface area contributed by atoms with Crippen molar-refractivity contribution in [2.24, 2.45) is 0 Å². The van der Waals surface area contributed by atoms with Crippen LogP contribution in [0.2, 0.25) is 0 Å². The minimum Gasteiger partial charge on any atom is -0.494 e. The number of rotatable bonds is 16. The van der Waals surface area contributed by atoms with Gasteiger partial charge in [0.05, 0.1) is 37.3 Å². The molecule has 3 aromatic rings. The predicted octanol–water partition coefficient (Wildman–Crippen LogP) is 6.82. The summed E-state index contributed by atoms with van der Waals surface area (Å²) in [7, 11) is 0. The Bertz CT molecular complexity index is 1140. The fourth-order valence-electron chi connectivity index (χ4n) is 3.56. The maximum absolute atomic E-state index is 12.5. The highest BCUT2D eigenvalue weighted by Crippen LogP contribution is 2.23. The number of carbonyl (C=O) groups is 2. The fourth-order valence-corrected chi connectivity index (χ4v) is 3.56. The molecule has 7 nitrogen and oxygen atoms in total. The molecule has 0 atom stereocenters. The highest BCUT2D eigenvalue weighted by atomic mass is 16.5. The number of pyridine rings is 1. The third-order valence-electron chi connectivity index (χ3n) is 5.63. The summed E-state index contributed by atoms with van der Waals surface area (Å²) in [5, 5.41) is 0. The summed E-state index contributed by atoms with van der Waals surface area (Å²) in [6.45, 7) is 7.13. The van der Waals surface area contributed by atoms with Crippen LogP contribution in [-0.4, -0.2) is 36.7 Å². The third kappa shape index (κ3) is 9.73. The molecule has 0 spiro atoms. The summed E-state index contributed by atoms with van der Waals surface area (Å²) in [5.41, 5.74) is 2.18. The van der Waals surface area contributed by atoms with E-state index in [0.29, 0.717) is 36.9 Å². The maximum Gasteiger partial charge on any atom is 0.343 e. The van der Waals surface area contributed by atoms with E-state index in [1.54, 1.807) is 42.6 Å². The van der Waals surface area contributed by atoms with Crippen LogP contribution in [0, 0.1) is 0 Å². The lowest BCUT2D eigenvalue weighted by molar-refractivity contribution is -0.137. The van der Waals surface area contributed by atoms with Crippen molar-refractivity contribution in [2.75, 3.05) is 19.8 Å². The van der Waals surface area contributed by atoms with Crippen LogP contribution in [0.5, 0.6) is 17.2 Å². The summed E-state index contributed by atoms with van der Waals surface area (Å²) in [5.74, 6) is 1.11. The van der Waals surface area contributed by atoms with Crippen molar-refractivity contribution in [1.82, 2.24) is 4.98 Å². The first-order valence-corrected chi connectivity index (χ1v) is 13.0. The van der Waals surface area contributed by atoms with Crippen molar-refractivity contribution < 1.29 is 28.5 Å². The van der Waals surface area contributed by atoms with Crippen LogP contribution in [0.3, 0.4) is 0 Å². The molecule has 1 aromatic heterocycles. The van der Waals surface area contributed by atoms with Crippen LogP contribution >= 0.6 is 0 Å². The second kappa shape index (κ2) is 15.9. The van der Waals surface area contributed by atoms with Gasteiger partial charge in [0.15, 0.2) is 0 Å². The molecule has 0 unspecified atom stereocenters. The van der Waals surface area contributed by atoms with Crippen molar-refractivity contribution in [1.29, 1.82) is 0 Å². The van der Waals surface area contributed by atoms with E-state index < -0.39 is 5.97 Å². The summed E-state index contributed by atoms with van der Waals surface area (Å²) in [6, 6.07) is 18.0. The summed E-state index contributed by atoms with van der Waals surface area (Å²) in [6.07, 6.45) is 8.70. The standard InChI is InChI=1S/C31H35NO6/c1-3-20-35-28-18-19-29(32-23-28)24-10-16-27(17-11-24)38-31(34)25-12-14-26(15-13-25)36-21-8-6-5-7-9-22-37-30(33)4-2/h4,10-19,23H,2-3,5-9,20-22H2,1H3. The Kier molecular flexibility index (Phi) is 11.9. The molecule has 0 aliphatic carbocycles. The quantitative estimate of drug-likeness (QED) is 0.0892. The normalized spacial score (nSPS) is 10.4. The van der Waals surface area contributed by atoms with Gasteiger partial charge in [0, 0.05) is 11.6 Å². The minimum absolute atomic E-state index is 0.375. The summed E-state index contributed by atoms with van der Waals surface area (Å²) in [4.78, 5) is 27.9. The van der Waals surface area contributed by atoms with Crippen molar-refractivity contribution in [3.8, 4) is 28.5 Å². The number of benzene rings is 2. The zero-order valence-corrected chi connectivity index (χ0v) is 21.9. The number of esters is 2. The van der Waals surface area contributed by atoms with Gasteiger partial charge in [-0.3, -0.25) is 4.98 Å². The molecule has 7 heteroatoms. The lowest BCUT2D eigenvalue weighted by Crippen LogP contribution is -2.08. The summed E-state index contributed by atoms with van der Waals surface area (Å²) >= 11 is 0. The number of nitrogens with zero attached hydrogens (tertiary/aromatic N) is 1. The number of hydrogen-bond acceptors (Lipinski definition) is 7. The molecule has 0 aliphatic rings. The maximum atomic E-state index is 12.5. The van der Waals surface area contributed by atoms with Gasteiger partial charge in [0.1, 0.15) is 17.2 Å². The highest BCUT2D eigenvalue weighted by molar-refractivity contribution is 5.91. The molecule has 0 bridgehead atoms. The van der Waals surface area contributed by atoms with E-state index in [9.17, 15) is 9.59 Å². The molecule has 0 fully saturated rings. The molecule has 0 amide bonds. The second-order valence-electron chi connectivity index (χ2n) is 8.65. The molecule has 0 N–H and O–H groups in total. The van der Waals surface area contributed by atoms with Gasteiger partial charge in [-0.2, -0.15) is 0 Å². The monoisotopic (exact) mass is 517 g/mol. The lowest BCUT2D eigenvalue weighted by atomic mass is 10.1. The number of ether oxygens (including phenoxy) is 4. The minimum atomic E-state index is -0.432. The number of unbranched alkanes of at least 4 members (excludes halogenated alkanes) is 4. The van der Waals surface area contributed by atoms with Crippen molar-refractivity contribution in [2.45, 2.75) is 45.4 Å². The second-order valence-corrected chi connectivity index (χ2v) is 8.65. The van der Waals surface area contributed by atoms with E-state index in [4.69, 9.17) is 18.9 Å². The van der Waals surface area contributed by atoms with Gasteiger partial charge in [0.25, 0.3) is 0 Å². The molecule has 0 saturated carbocycles. The number of hydrogen-bond donors (Lipinski definition) is 0. The Morgan fingerprint density at radius 2 is 1.39 bits per heavy atom. The number of aromatic nitrogens is 1. The van der Waals surface area contributed by atoms with E-state index >= 15 is 0 Å². The zero-order valence-electron chi connectivity index (χ0n) is 21.9. The van der Waals surface area contributed by atoms with Crippen LogP contribution in [0.25, 0.3) is 11.3 Å². The first-order valence-electron chi connectivity index (χ1n) is 13.0. The first-order chi connectivity index (χ1) is 18.6. The van der Waals surface area contributed by atoms with Crippen LogP contribution < -0.4 is 14.2 Å². The van der Waals surface area contributed by atoms with Gasteiger partial charge >= 0.3 is 11.9 Å². The topological polar surface area (TPSA) is 84.0 Å². The average Bonchev–Trinajstić information content (AvgIpc) is 2.96. The molecule has 1 heterocycles. The third-order valence-corrected chi connectivity index (χ3v) is 5.63. The van der Waals surface area contributed by atoms with Gasteiger partial charge < -0.3 is 18.9 Å². The Hall–Kier alpha value is -4.13. The Labute approximate surface area is 224 Å². The largest absolute Gasteiger partial charge is 0.494 e. The van der Waals surface area contributed by atoms with E-state index in [-0.39, 0.29) is 5.97 Å². The van der Waals surface area contributed by atoms with Gasteiger partial charge in [-0.25, -0.2) is 9.59 Å². The first kappa shape index (κ1) is 28.4. The van der Waals surface area contributed by atoms with Gasteiger partial charge in [-0.05, 0) is 79.9 Å². The smallest absolute Gasteiger partial charge is 0.343 e. The molecular formula is C31H35NO6. The lowest BCUT2D eigenvalue weighted by Gasteiger charge is -2.09. The van der Waals surface area contributed by atoms with E-state index in [0.717, 1.165) is 55.5 Å². The SMILES string of the molecule is C=CC(=O)OCCCCCCCOc1ccc(C(=O)Oc2ccc(-c3ccc(OCCC)cn3)cc2)cc1. The molecule has 2 aromatic carbocycles. The van der Waals surface area contributed by atoms with E-state index in [1.807, 2.05) is 24.3 Å². The Morgan fingerprint density at radius 1 is 0.763 bits per heavy atom. The fraction of sp³-hybridized carbons (Fsp3) is 0.323. The zero-order chi connectivity index (χ0) is 27.0. The predicted molar refractivity (Wildman–Crippen MR) is 147 cm³/mol. The van der Waals surface area contributed by atoms with E-state index in [1.165, 1.54) is 6.08 Å². The molecule has 3 rings (SSSR count). The summed E-state index contributed by atoms with van der Waals surface area (Å²) < 4.78 is 21.8. The van der Waals surface area contributed by atoms with Gasteiger partial charge in [-0.15, -0.1) is 0 Å². The number of carbonyl (C=O) groups excluding carboxylic acids is 2.